The molecule has 4 aliphatic rings. The van der Waals surface area contributed by atoms with Crippen molar-refractivity contribution in [3.63, 3.8) is 0 Å². The normalized spacial score (nSPS) is 29.0. The lowest BCUT2D eigenvalue weighted by molar-refractivity contribution is -0.0507. The third kappa shape index (κ3) is 4.89. The van der Waals surface area contributed by atoms with Gasteiger partial charge >= 0.3 is 0 Å². The molecular formula is C28H34O. The Morgan fingerprint density at radius 3 is 1.59 bits per heavy atom. The fourth-order valence-electron chi connectivity index (χ4n) is 6.31. The van der Waals surface area contributed by atoms with Gasteiger partial charge in [0.15, 0.2) is 5.78 Å². The number of carbonyl (C=O) groups excluding carboxylic acids is 1. The van der Waals surface area contributed by atoms with E-state index >= 15 is 0 Å². The zero-order valence-electron chi connectivity index (χ0n) is 17.9. The first-order valence-corrected chi connectivity index (χ1v) is 11.3. The molecule has 2 aromatic rings. The van der Waals surface area contributed by atoms with E-state index in [0.717, 1.165) is 34.3 Å². The predicted octanol–water partition coefficient (Wildman–Crippen LogP) is 7.48. The van der Waals surface area contributed by atoms with E-state index in [4.69, 9.17) is 0 Å². The van der Waals surface area contributed by atoms with Crippen LogP contribution in [0.1, 0.15) is 74.7 Å². The molecule has 0 aromatic heterocycles. The van der Waals surface area contributed by atoms with Crippen molar-refractivity contribution in [2.45, 2.75) is 58.8 Å². The van der Waals surface area contributed by atoms with Gasteiger partial charge in [-0.3, -0.25) is 4.79 Å². The van der Waals surface area contributed by atoms with Crippen molar-refractivity contribution >= 4 is 5.78 Å². The predicted molar refractivity (Wildman–Crippen MR) is 121 cm³/mol. The molecule has 0 N–H and O–H groups in total. The van der Waals surface area contributed by atoms with Crippen molar-refractivity contribution in [3.8, 4) is 0 Å². The van der Waals surface area contributed by atoms with Gasteiger partial charge in [-0.25, -0.2) is 0 Å². The van der Waals surface area contributed by atoms with Gasteiger partial charge in [-0.1, -0.05) is 72.3 Å². The highest BCUT2D eigenvalue weighted by Gasteiger charge is 2.50. The largest absolute Gasteiger partial charge is 0.289 e. The summed E-state index contributed by atoms with van der Waals surface area (Å²) in [6.45, 7) is 4.50. The maximum absolute atomic E-state index is 11.8. The zero-order valence-corrected chi connectivity index (χ0v) is 17.9. The molecule has 0 radical (unpaired) electrons. The standard InChI is InChI=1S/C15H24.C13H10O/c1-11(2)3-4-15-8-12-5-13(9-15)7-14(6-12)10-15;14-13(11-7-3-1-4-8-11)12-9-5-2-6-10-12/h3,12-14H,4-10H2,1-2H3;1-10H. The molecule has 0 atom stereocenters. The Balaban J connectivity index is 0.000000142. The summed E-state index contributed by atoms with van der Waals surface area (Å²) in [7, 11) is 0. The van der Waals surface area contributed by atoms with E-state index in [1.807, 2.05) is 60.7 Å². The van der Waals surface area contributed by atoms with Gasteiger partial charge in [-0.05, 0) is 82.0 Å². The van der Waals surface area contributed by atoms with Crippen molar-refractivity contribution < 1.29 is 4.79 Å². The minimum Gasteiger partial charge on any atom is -0.289 e. The van der Waals surface area contributed by atoms with Gasteiger partial charge in [-0.15, -0.1) is 0 Å². The van der Waals surface area contributed by atoms with E-state index in [9.17, 15) is 4.79 Å². The van der Waals surface area contributed by atoms with Crippen LogP contribution in [0.4, 0.5) is 0 Å². The van der Waals surface area contributed by atoms with Crippen molar-refractivity contribution in [2.24, 2.45) is 23.2 Å². The number of hydrogen-bond donors (Lipinski definition) is 0. The SMILES string of the molecule is CC(C)=CCC12CC3CC(CC(C3)C1)C2.O=C(c1ccccc1)c1ccccc1. The second kappa shape index (κ2) is 8.69. The van der Waals surface area contributed by atoms with Crippen LogP contribution in [0, 0.1) is 23.2 Å². The Morgan fingerprint density at radius 2 is 1.21 bits per heavy atom. The fraction of sp³-hybridized carbons (Fsp3) is 0.464. The fourth-order valence-corrected chi connectivity index (χ4v) is 6.31. The summed E-state index contributed by atoms with van der Waals surface area (Å²) in [6.07, 6.45) is 13.3. The minimum absolute atomic E-state index is 0.0752. The van der Waals surface area contributed by atoms with Crippen molar-refractivity contribution in [2.75, 3.05) is 0 Å². The number of carbonyl (C=O) groups is 1. The summed E-state index contributed by atoms with van der Waals surface area (Å²) < 4.78 is 0. The Hall–Kier alpha value is -2.15. The van der Waals surface area contributed by atoms with Gasteiger partial charge in [0.05, 0.1) is 0 Å². The molecule has 2 aromatic carbocycles. The van der Waals surface area contributed by atoms with Crippen LogP contribution in [-0.4, -0.2) is 5.78 Å². The molecule has 4 fully saturated rings. The van der Waals surface area contributed by atoms with Gasteiger partial charge in [0.2, 0.25) is 0 Å². The number of benzene rings is 2. The Labute approximate surface area is 176 Å². The molecule has 0 unspecified atom stereocenters. The number of allylic oxidation sites excluding steroid dienone is 2. The van der Waals surface area contributed by atoms with Crippen LogP contribution in [0.3, 0.4) is 0 Å². The van der Waals surface area contributed by atoms with Gasteiger partial charge < -0.3 is 0 Å². The number of rotatable bonds is 4. The summed E-state index contributed by atoms with van der Waals surface area (Å²) in [4.78, 5) is 11.8. The van der Waals surface area contributed by atoms with Crippen LogP contribution in [0.5, 0.6) is 0 Å². The van der Waals surface area contributed by atoms with Crippen LogP contribution in [0.2, 0.25) is 0 Å². The highest BCUT2D eigenvalue weighted by atomic mass is 16.1. The molecule has 0 aliphatic heterocycles. The lowest BCUT2D eigenvalue weighted by Crippen LogP contribution is -2.45. The van der Waals surface area contributed by atoms with Crippen LogP contribution in [-0.2, 0) is 0 Å². The molecule has 1 heteroatoms. The van der Waals surface area contributed by atoms with Crippen LogP contribution < -0.4 is 0 Å². The summed E-state index contributed by atoms with van der Waals surface area (Å²) in [5, 5.41) is 0. The van der Waals surface area contributed by atoms with Crippen LogP contribution in [0.25, 0.3) is 0 Å². The smallest absolute Gasteiger partial charge is 0.193 e. The molecule has 4 aliphatic carbocycles. The highest BCUT2D eigenvalue weighted by Crippen LogP contribution is 2.61. The van der Waals surface area contributed by atoms with Gasteiger partial charge in [0, 0.05) is 11.1 Å². The lowest BCUT2D eigenvalue weighted by Gasteiger charge is -2.56. The third-order valence-electron chi connectivity index (χ3n) is 7.18. The molecule has 4 bridgehead atoms. The topological polar surface area (TPSA) is 17.1 Å². The van der Waals surface area contributed by atoms with Gasteiger partial charge in [0.25, 0.3) is 0 Å². The molecule has 0 heterocycles. The first kappa shape index (κ1) is 20.1. The van der Waals surface area contributed by atoms with Gasteiger partial charge in [-0.2, -0.15) is 0 Å². The first-order chi connectivity index (χ1) is 14.0. The monoisotopic (exact) mass is 386 g/mol. The lowest BCUT2D eigenvalue weighted by atomic mass is 9.49. The molecule has 0 saturated heterocycles. The average molecular weight is 387 g/mol. The second-order valence-electron chi connectivity index (χ2n) is 9.96. The second-order valence-corrected chi connectivity index (χ2v) is 9.96. The molecule has 1 nitrogen and oxygen atoms in total. The third-order valence-corrected chi connectivity index (χ3v) is 7.18. The van der Waals surface area contributed by atoms with E-state index in [1.54, 1.807) is 38.5 Å². The Bertz CT molecular complexity index is 766. The Kier molecular flexibility index (Phi) is 6.04. The first-order valence-electron chi connectivity index (χ1n) is 11.3. The highest BCUT2D eigenvalue weighted by molar-refractivity contribution is 6.08. The summed E-state index contributed by atoms with van der Waals surface area (Å²) in [5.74, 6) is 3.41. The molecule has 4 saturated carbocycles. The zero-order chi connectivity index (χ0) is 20.3. The van der Waals surface area contributed by atoms with E-state index in [-0.39, 0.29) is 5.78 Å². The van der Waals surface area contributed by atoms with E-state index in [1.165, 1.54) is 12.0 Å². The summed E-state index contributed by atoms with van der Waals surface area (Å²) >= 11 is 0. The molecule has 0 spiro atoms. The van der Waals surface area contributed by atoms with Crippen LogP contribution in [0.15, 0.2) is 72.3 Å². The minimum atomic E-state index is 0.0752. The quantitative estimate of drug-likeness (QED) is 0.393. The molecular weight excluding hydrogens is 352 g/mol. The molecule has 0 amide bonds. The maximum atomic E-state index is 11.8. The maximum Gasteiger partial charge on any atom is 0.193 e. The average Bonchev–Trinajstić information content (AvgIpc) is 2.73. The van der Waals surface area contributed by atoms with E-state index in [2.05, 4.69) is 19.9 Å². The van der Waals surface area contributed by atoms with E-state index < -0.39 is 0 Å². The van der Waals surface area contributed by atoms with Crippen LogP contribution >= 0.6 is 0 Å². The van der Waals surface area contributed by atoms with Crippen molar-refractivity contribution in [1.29, 1.82) is 0 Å². The number of hydrogen-bond acceptors (Lipinski definition) is 1. The molecule has 152 valence electrons. The summed E-state index contributed by atoms with van der Waals surface area (Å²) in [6, 6.07) is 18.6. The van der Waals surface area contributed by atoms with Crippen molar-refractivity contribution in [3.05, 3.63) is 83.4 Å². The van der Waals surface area contributed by atoms with Crippen molar-refractivity contribution in [1.82, 2.24) is 0 Å². The number of ketones is 1. The molecule has 6 rings (SSSR count). The van der Waals surface area contributed by atoms with E-state index in [0.29, 0.717) is 0 Å². The Morgan fingerprint density at radius 1 is 0.793 bits per heavy atom. The van der Waals surface area contributed by atoms with Gasteiger partial charge in [0.1, 0.15) is 0 Å². The summed E-state index contributed by atoms with van der Waals surface area (Å²) in [5.41, 5.74) is 3.74. The molecule has 29 heavy (non-hydrogen) atoms.